The van der Waals surface area contributed by atoms with Gasteiger partial charge in [0.05, 0.1) is 12.0 Å². The average molecular weight is 358 g/mol. The Bertz CT molecular complexity index is 713. The Balaban J connectivity index is 1.48. The van der Waals surface area contributed by atoms with Crippen LogP contribution in [0.25, 0.3) is 0 Å². The summed E-state index contributed by atoms with van der Waals surface area (Å²) in [5.74, 6) is -0.0492. The van der Waals surface area contributed by atoms with E-state index in [0.717, 1.165) is 51.3 Å². The number of imidazole rings is 1. The molecular formula is C20H27FN4O. The fourth-order valence-electron chi connectivity index (χ4n) is 3.43. The standard InChI is InChI=1S/C20H27FN4O/c1-2-24-16-22-14-19(24)15-23-10-3-11-25(13-12-23)20(26)9-6-17-4-7-18(21)8-5-17/h4-5,7-8,14,16H,2-3,6,9-13,15H2,1H3. The number of aryl methyl sites for hydroxylation is 2. The molecule has 1 aliphatic rings. The van der Waals surface area contributed by atoms with Gasteiger partial charge in [-0.1, -0.05) is 12.1 Å². The fraction of sp³-hybridized carbons (Fsp3) is 0.500. The van der Waals surface area contributed by atoms with Gasteiger partial charge in [0.1, 0.15) is 5.82 Å². The second-order valence-corrected chi connectivity index (χ2v) is 6.81. The first kappa shape index (κ1) is 18.6. The summed E-state index contributed by atoms with van der Waals surface area (Å²) in [4.78, 5) is 21.1. The van der Waals surface area contributed by atoms with Crippen molar-refractivity contribution in [3.63, 3.8) is 0 Å². The molecule has 0 bridgehead atoms. The van der Waals surface area contributed by atoms with Crippen molar-refractivity contribution >= 4 is 5.91 Å². The Morgan fingerprint density at radius 1 is 1.15 bits per heavy atom. The number of nitrogens with zero attached hydrogens (tertiary/aromatic N) is 4. The minimum atomic E-state index is -0.239. The van der Waals surface area contributed by atoms with Gasteiger partial charge in [0.25, 0.3) is 0 Å². The van der Waals surface area contributed by atoms with Gasteiger partial charge < -0.3 is 9.47 Å². The van der Waals surface area contributed by atoms with Crippen molar-refractivity contribution in [2.75, 3.05) is 26.2 Å². The van der Waals surface area contributed by atoms with Crippen LogP contribution in [0, 0.1) is 5.82 Å². The van der Waals surface area contributed by atoms with Crippen LogP contribution in [-0.2, 0) is 24.3 Å². The third-order valence-electron chi connectivity index (χ3n) is 5.01. The Kier molecular flexibility index (Phi) is 6.39. The van der Waals surface area contributed by atoms with Crippen molar-refractivity contribution in [3.8, 4) is 0 Å². The van der Waals surface area contributed by atoms with E-state index in [1.807, 2.05) is 17.4 Å². The predicted molar refractivity (Wildman–Crippen MR) is 99.1 cm³/mol. The molecule has 0 spiro atoms. The van der Waals surface area contributed by atoms with Gasteiger partial charge >= 0.3 is 0 Å². The molecule has 0 radical (unpaired) electrons. The SMILES string of the molecule is CCn1cncc1CN1CCCN(C(=O)CCc2ccc(F)cc2)CC1. The molecule has 0 saturated carbocycles. The lowest BCUT2D eigenvalue weighted by atomic mass is 10.1. The maximum Gasteiger partial charge on any atom is 0.222 e. The second-order valence-electron chi connectivity index (χ2n) is 6.81. The molecule has 2 heterocycles. The Labute approximate surface area is 154 Å². The quantitative estimate of drug-likeness (QED) is 0.797. The molecule has 1 aromatic carbocycles. The van der Waals surface area contributed by atoms with Crippen LogP contribution in [0.15, 0.2) is 36.8 Å². The van der Waals surface area contributed by atoms with Gasteiger partial charge in [-0.2, -0.15) is 0 Å². The topological polar surface area (TPSA) is 41.4 Å². The molecule has 140 valence electrons. The number of benzene rings is 1. The van der Waals surface area contributed by atoms with E-state index in [4.69, 9.17) is 0 Å². The minimum absolute atomic E-state index is 0.190. The number of amides is 1. The highest BCUT2D eigenvalue weighted by atomic mass is 19.1. The molecule has 5 nitrogen and oxygen atoms in total. The lowest BCUT2D eigenvalue weighted by Gasteiger charge is -2.22. The zero-order valence-corrected chi connectivity index (χ0v) is 15.4. The van der Waals surface area contributed by atoms with Crippen molar-refractivity contribution in [3.05, 3.63) is 53.9 Å². The Morgan fingerprint density at radius 2 is 1.96 bits per heavy atom. The van der Waals surface area contributed by atoms with Gasteiger partial charge in [-0.05, 0) is 37.5 Å². The molecule has 1 aromatic heterocycles. The fourth-order valence-corrected chi connectivity index (χ4v) is 3.43. The molecular weight excluding hydrogens is 331 g/mol. The van der Waals surface area contributed by atoms with Gasteiger partial charge in [-0.3, -0.25) is 9.69 Å². The highest BCUT2D eigenvalue weighted by molar-refractivity contribution is 5.76. The largest absolute Gasteiger partial charge is 0.341 e. The molecule has 1 amide bonds. The van der Waals surface area contributed by atoms with Crippen LogP contribution in [0.5, 0.6) is 0 Å². The van der Waals surface area contributed by atoms with E-state index in [1.54, 1.807) is 12.1 Å². The summed E-state index contributed by atoms with van der Waals surface area (Å²) < 4.78 is 15.1. The molecule has 6 heteroatoms. The normalized spacial score (nSPS) is 15.8. The van der Waals surface area contributed by atoms with E-state index < -0.39 is 0 Å². The predicted octanol–water partition coefficient (Wildman–Crippen LogP) is 2.71. The molecule has 0 N–H and O–H groups in total. The van der Waals surface area contributed by atoms with Gasteiger partial charge in [0, 0.05) is 51.9 Å². The zero-order chi connectivity index (χ0) is 18.4. The lowest BCUT2D eigenvalue weighted by molar-refractivity contribution is -0.131. The first-order valence-electron chi connectivity index (χ1n) is 9.39. The molecule has 0 atom stereocenters. The lowest BCUT2D eigenvalue weighted by Crippen LogP contribution is -2.35. The maximum absolute atomic E-state index is 13.0. The van der Waals surface area contributed by atoms with E-state index in [0.29, 0.717) is 12.8 Å². The summed E-state index contributed by atoms with van der Waals surface area (Å²) in [5.41, 5.74) is 2.23. The van der Waals surface area contributed by atoms with Crippen molar-refractivity contribution in [2.24, 2.45) is 0 Å². The molecule has 3 rings (SSSR count). The van der Waals surface area contributed by atoms with Crippen LogP contribution in [0.1, 0.15) is 31.0 Å². The molecule has 1 saturated heterocycles. The number of halogens is 1. The molecule has 1 aliphatic heterocycles. The van der Waals surface area contributed by atoms with Crippen LogP contribution in [0.3, 0.4) is 0 Å². The van der Waals surface area contributed by atoms with E-state index in [2.05, 4.69) is 21.4 Å². The summed E-state index contributed by atoms with van der Waals surface area (Å²) in [5, 5.41) is 0. The Hall–Kier alpha value is -2.21. The maximum atomic E-state index is 13.0. The summed E-state index contributed by atoms with van der Waals surface area (Å²) in [7, 11) is 0. The number of hydrogen-bond donors (Lipinski definition) is 0. The second kappa shape index (κ2) is 8.94. The number of hydrogen-bond acceptors (Lipinski definition) is 3. The Morgan fingerprint density at radius 3 is 2.73 bits per heavy atom. The van der Waals surface area contributed by atoms with Gasteiger partial charge in [0.15, 0.2) is 0 Å². The third kappa shape index (κ3) is 4.91. The summed E-state index contributed by atoms with van der Waals surface area (Å²) >= 11 is 0. The molecule has 1 fully saturated rings. The van der Waals surface area contributed by atoms with Gasteiger partial charge in [-0.25, -0.2) is 9.37 Å². The first-order valence-corrected chi connectivity index (χ1v) is 9.39. The van der Waals surface area contributed by atoms with Crippen LogP contribution >= 0.6 is 0 Å². The van der Waals surface area contributed by atoms with E-state index in [1.165, 1.54) is 17.8 Å². The summed E-state index contributed by atoms with van der Waals surface area (Å²) in [6.07, 6.45) is 5.93. The number of aromatic nitrogens is 2. The van der Waals surface area contributed by atoms with Crippen LogP contribution < -0.4 is 0 Å². The number of carbonyl (C=O) groups excluding carboxylic acids is 1. The highest BCUT2D eigenvalue weighted by Gasteiger charge is 2.19. The number of carbonyl (C=O) groups is 1. The van der Waals surface area contributed by atoms with Crippen molar-refractivity contribution in [1.82, 2.24) is 19.4 Å². The van der Waals surface area contributed by atoms with Crippen LogP contribution in [-0.4, -0.2) is 51.4 Å². The monoisotopic (exact) mass is 358 g/mol. The molecule has 26 heavy (non-hydrogen) atoms. The van der Waals surface area contributed by atoms with Crippen molar-refractivity contribution in [2.45, 2.75) is 39.3 Å². The van der Waals surface area contributed by atoms with Crippen molar-refractivity contribution < 1.29 is 9.18 Å². The van der Waals surface area contributed by atoms with Gasteiger partial charge in [0.2, 0.25) is 5.91 Å². The summed E-state index contributed by atoms with van der Waals surface area (Å²) in [6.45, 7) is 7.39. The van der Waals surface area contributed by atoms with E-state index in [-0.39, 0.29) is 11.7 Å². The molecule has 2 aromatic rings. The van der Waals surface area contributed by atoms with Crippen LogP contribution in [0.4, 0.5) is 4.39 Å². The molecule has 0 unspecified atom stereocenters. The van der Waals surface area contributed by atoms with E-state index >= 15 is 0 Å². The minimum Gasteiger partial charge on any atom is -0.341 e. The zero-order valence-electron chi connectivity index (χ0n) is 15.4. The highest BCUT2D eigenvalue weighted by Crippen LogP contribution is 2.12. The molecule has 0 aliphatic carbocycles. The third-order valence-corrected chi connectivity index (χ3v) is 5.01. The average Bonchev–Trinajstić information content (AvgIpc) is 2.97. The van der Waals surface area contributed by atoms with Crippen molar-refractivity contribution in [1.29, 1.82) is 0 Å². The smallest absolute Gasteiger partial charge is 0.222 e. The van der Waals surface area contributed by atoms with Gasteiger partial charge in [-0.15, -0.1) is 0 Å². The van der Waals surface area contributed by atoms with Crippen LogP contribution in [0.2, 0.25) is 0 Å². The first-order chi connectivity index (χ1) is 12.7. The van der Waals surface area contributed by atoms with E-state index in [9.17, 15) is 9.18 Å². The number of rotatable bonds is 6. The summed E-state index contributed by atoms with van der Waals surface area (Å²) in [6, 6.07) is 6.41.